The van der Waals surface area contributed by atoms with Crippen LogP contribution in [0.4, 0.5) is 15.9 Å². The summed E-state index contributed by atoms with van der Waals surface area (Å²) < 4.78 is 26.0. The fraction of sp³-hybridized carbons (Fsp3) is 0.310. The molecule has 3 aromatic rings. The Bertz CT molecular complexity index is 1410. The molecule has 37 heavy (non-hydrogen) atoms. The molecule has 1 unspecified atom stereocenters. The van der Waals surface area contributed by atoms with Crippen LogP contribution < -0.4 is 10.2 Å². The first-order chi connectivity index (χ1) is 17.9. The molecule has 8 heteroatoms. The molecule has 0 saturated carbocycles. The number of carbonyl (C=O) groups excluding carboxylic acids is 1. The van der Waals surface area contributed by atoms with E-state index in [1.54, 1.807) is 17.4 Å². The van der Waals surface area contributed by atoms with Gasteiger partial charge in [0.2, 0.25) is 0 Å². The molecule has 1 aromatic carbocycles. The molecular weight excluding hydrogens is 489 g/mol. The summed E-state index contributed by atoms with van der Waals surface area (Å²) in [6, 6.07) is 12.6. The van der Waals surface area contributed by atoms with Crippen molar-refractivity contribution in [3.05, 3.63) is 87.7 Å². The van der Waals surface area contributed by atoms with Crippen molar-refractivity contribution in [1.82, 2.24) is 4.98 Å². The highest BCUT2D eigenvalue weighted by molar-refractivity contribution is 7.09. The Morgan fingerprint density at radius 3 is 2.92 bits per heavy atom. The lowest BCUT2D eigenvalue weighted by Crippen LogP contribution is -2.32. The number of amides is 1. The van der Waals surface area contributed by atoms with Crippen LogP contribution >= 0.6 is 11.3 Å². The average Bonchev–Trinajstić information content (AvgIpc) is 3.66. The van der Waals surface area contributed by atoms with Gasteiger partial charge in [-0.25, -0.2) is 9.37 Å². The van der Waals surface area contributed by atoms with Crippen LogP contribution in [0.3, 0.4) is 0 Å². The number of anilines is 2. The molecule has 5 heterocycles. The number of aromatic nitrogens is 1. The van der Waals surface area contributed by atoms with Crippen LogP contribution in [0, 0.1) is 5.82 Å². The minimum atomic E-state index is -0.669. The van der Waals surface area contributed by atoms with Crippen LogP contribution in [-0.4, -0.2) is 35.7 Å². The number of ether oxygens (including phenoxy) is 2. The molecule has 1 atom stereocenters. The van der Waals surface area contributed by atoms with Gasteiger partial charge in [-0.1, -0.05) is 6.07 Å². The molecule has 190 valence electrons. The Kier molecular flexibility index (Phi) is 6.09. The third kappa shape index (κ3) is 4.67. The second kappa shape index (κ2) is 9.43. The molecule has 0 radical (unpaired) electrons. The normalized spacial score (nSPS) is 22.0. The SMILES string of the molecule is CC1(C)OC(=C2C(=O)Nc3cc(F)ccc32)C=C1c1ccnc(N(Cc2cccs2)CC2CCCO2)c1. The van der Waals surface area contributed by atoms with Gasteiger partial charge in [-0.3, -0.25) is 4.79 Å². The quantitative estimate of drug-likeness (QED) is 0.405. The van der Waals surface area contributed by atoms with Gasteiger partial charge in [0, 0.05) is 35.4 Å². The third-order valence-electron chi connectivity index (χ3n) is 7.02. The van der Waals surface area contributed by atoms with Crippen molar-refractivity contribution >= 4 is 39.9 Å². The number of rotatable bonds is 6. The van der Waals surface area contributed by atoms with E-state index in [4.69, 9.17) is 14.5 Å². The smallest absolute Gasteiger partial charge is 0.260 e. The van der Waals surface area contributed by atoms with Crippen LogP contribution in [0.5, 0.6) is 0 Å². The van der Waals surface area contributed by atoms with E-state index >= 15 is 0 Å². The Labute approximate surface area is 219 Å². The van der Waals surface area contributed by atoms with Gasteiger partial charge in [-0.15, -0.1) is 11.3 Å². The summed E-state index contributed by atoms with van der Waals surface area (Å²) in [6.07, 6.45) is 6.08. The molecule has 1 amide bonds. The first-order valence-electron chi connectivity index (χ1n) is 12.5. The number of hydrogen-bond acceptors (Lipinski definition) is 6. The Morgan fingerprint density at radius 2 is 2.14 bits per heavy atom. The van der Waals surface area contributed by atoms with E-state index < -0.39 is 11.4 Å². The number of halogens is 1. The second-order valence-electron chi connectivity index (χ2n) is 10.1. The van der Waals surface area contributed by atoms with E-state index in [-0.39, 0.29) is 12.0 Å². The van der Waals surface area contributed by atoms with Crippen molar-refractivity contribution in [2.45, 2.75) is 44.9 Å². The van der Waals surface area contributed by atoms with Crippen molar-refractivity contribution in [2.24, 2.45) is 0 Å². The van der Waals surface area contributed by atoms with Gasteiger partial charge in [-0.2, -0.15) is 0 Å². The molecule has 3 aliphatic heterocycles. The van der Waals surface area contributed by atoms with Crippen molar-refractivity contribution in [3.63, 3.8) is 0 Å². The molecule has 2 aromatic heterocycles. The molecule has 3 aliphatic rings. The van der Waals surface area contributed by atoms with Crippen molar-refractivity contribution in [1.29, 1.82) is 0 Å². The Hall–Kier alpha value is -3.49. The molecule has 1 fully saturated rings. The fourth-order valence-corrected chi connectivity index (χ4v) is 5.95. The topological polar surface area (TPSA) is 63.7 Å². The number of nitrogens with zero attached hydrogens (tertiary/aromatic N) is 2. The van der Waals surface area contributed by atoms with Gasteiger partial charge >= 0.3 is 0 Å². The maximum absolute atomic E-state index is 13.7. The molecule has 0 spiro atoms. The summed E-state index contributed by atoms with van der Waals surface area (Å²) in [7, 11) is 0. The van der Waals surface area contributed by atoms with Gasteiger partial charge in [0.25, 0.3) is 5.91 Å². The van der Waals surface area contributed by atoms with E-state index in [0.717, 1.165) is 49.5 Å². The lowest BCUT2D eigenvalue weighted by atomic mass is 9.92. The number of fused-ring (bicyclic) bond motifs is 1. The zero-order chi connectivity index (χ0) is 25.6. The van der Waals surface area contributed by atoms with Crippen LogP contribution in [0.25, 0.3) is 11.1 Å². The minimum absolute atomic E-state index is 0.193. The fourth-order valence-electron chi connectivity index (χ4n) is 5.23. The number of benzene rings is 1. The van der Waals surface area contributed by atoms with Crippen molar-refractivity contribution < 1.29 is 18.7 Å². The number of nitrogens with one attached hydrogen (secondary N) is 1. The molecule has 6 rings (SSSR count). The summed E-state index contributed by atoms with van der Waals surface area (Å²) in [5.41, 5.74) is 2.79. The molecule has 0 aliphatic carbocycles. The predicted octanol–water partition coefficient (Wildman–Crippen LogP) is 6.02. The number of carbonyl (C=O) groups is 1. The maximum atomic E-state index is 13.7. The number of hydrogen-bond donors (Lipinski definition) is 1. The van der Waals surface area contributed by atoms with E-state index in [9.17, 15) is 9.18 Å². The van der Waals surface area contributed by atoms with Crippen LogP contribution in [0.15, 0.2) is 65.9 Å². The van der Waals surface area contributed by atoms with E-state index in [1.165, 1.54) is 17.0 Å². The monoisotopic (exact) mass is 517 g/mol. The summed E-state index contributed by atoms with van der Waals surface area (Å²) in [5, 5.41) is 4.84. The molecule has 1 saturated heterocycles. The molecular formula is C29H28FN3O3S. The number of thiophene rings is 1. The summed E-state index contributed by atoms with van der Waals surface area (Å²) in [6.45, 7) is 6.32. The van der Waals surface area contributed by atoms with Gasteiger partial charge in [0.05, 0.1) is 23.9 Å². The highest BCUT2D eigenvalue weighted by Crippen LogP contribution is 2.44. The molecule has 0 bridgehead atoms. The van der Waals surface area contributed by atoms with Crippen molar-refractivity contribution in [2.75, 3.05) is 23.4 Å². The van der Waals surface area contributed by atoms with Crippen LogP contribution in [-0.2, 0) is 20.8 Å². The highest BCUT2D eigenvalue weighted by atomic mass is 32.1. The lowest BCUT2D eigenvalue weighted by molar-refractivity contribution is -0.111. The Morgan fingerprint density at radius 1 is 1.24 bits per heavy atom. The lowest BCUT2D eigenvalue weighted by Gasteiger charge is -2.27. The first-order valence-corrected chi connectivity index (χ1v) is 13.4. The standard InChI is InChI=1S/C29H28FN3O3S/c1-29(2)23(15-25(36-29)27-22-8-7-19(30)14-24(22)32-28(27)34)18-9-10-31-26(13-18)33(16-20-5-3-11-35-20)17-21-6-4-12-37-21/h4,6-10,12-15,20H,3,5,11,16-17H2,1-2H3,(H,32,34). The number of allylic oxidation sites excluding steroid dienone is 1. The summed E-state index contributed by atoms with van der Waals surface area (Å²) >= 11 is 1.73. The Balaban J connectivity index is 1.36. The maximum Gasteiger partial charge on any atom is 0.260 e. The van der Waals surface area contributed by atoms with Crippen LogP contribution in [0.2, 0.25) is 0 Å². The van der Waals surface area contributed by atoms with Gasteiger partial charge in [0.15, 0.2) is 0 Å². The minimum Gasteiger partial charge on any atom is -0.482 e. The molecule has 1 N–H and O–H groups in total. The van der Waals surface area contributed by atoms with E-state index in [0.29, 0.717) is 22.6 Å². The third-order valence-corrected chi connectivity index (χ3v) is 7.88. The van der Waals surface area contributed by atoms with Crippen molar-refractivity contribution in [3.8, 4) is 0 Å². The zero-order valence-electron chi connectivity index (χ0n) is 20.8. The predicted molar refractivity (Wildman–Crippen MR) is 144 cm³/mol. The zero-order valence-corrected chi connectivity index (χ0v) is 21.6. The van der Waals surface area contributed by atoms with Gasteiger partial charge in [0.1, 0.15) is 23.0 Å². The number of pyridine rings is 1. The van der Waals surface area contributed by atoms with Crippen LogP contribution in [0.1, 0.15) is 42.7 Å². The average molecular weight is 518 g/mol. The highest BCUT2D eigenvalue weighted by Gasteiger charge is 2.38. The summed E-state index contributed by atoms with van der Waals surface area (Å²) in [5.74, 6) is 0.668. The van der Waals surface area contributed by atoms with Gasteiger partial charge < -0.3 is 19.7 Å². The second-order valence-corrected chi connectivity index (χ2v) is 11.1. The largest absolute Gasteiger partial charge is 0.482 e. The first kappa shape index (κ1) is 23.9. The van der Waals surface area contributed by atoms with E-state index in [2.05, 4.69) is 33.8 Å². The van der Waals surface area contributed by atoms with Gasteiger partial charge in [-0.05, 0) is 80.1 Å². The molecule has 6 nitrogen and oxygen atoms in total. The van der Waals surface area contributed by atoms with E-state index in [1.807, 2.05) is 32.2 Å². The summed E-state index contributed by atoms with van der Waals surface area (Å²) in [4.78, 5) is 21.1.